The Morgan fingerprint density at radius 3 is 2.32 bits per heavy atom. The predicted octanol–water partition coefficient (Wildman–Crippen LogP) is 4.19. The quantitative estimate of drug-likeness (QED) is 0.819. The van der Waals surface area contributed by atoms with E-state index < -0.39 is 5.54 Å². The normalized spacial score (nSPS) is 16.8. The van der Waals surface area contributed by atoms with Gasteiger partial charge in [-0.1, -0.05) is 61.7 Å². The van der Waals surface area contributed by atoms with Crippen LogP contribution in [0.3, 0.4) is 0 Å². The number of nitrogens with one attached hydrogen (secondary N) is 1. The number of nitriles is 1. The van der Waals surface area contributed by atoms with Crippen molar-refractivity contribution in [2.24, 2.45) is 0 Å². The Labute approximate surface area is 166 Å². The van der Waals surface area contributed by atoms with Crippen molar-refractivity contribution < 1.29 is 9.18 Å². The Hall–Kier alpha value is -2.71. The van der Waals surface area contributed by atoms with Gasteiger partial charge in [-0.25, -0.2) is 4.39 Å². The van der Waals surface area contributed by atoms with Crippen molar-refractivity contribution in [3.05, 3.63) is 71.5 Å². The van der Waals surface area contributed by atoms with Crippen LogP contribution in [0.15, 0.2) is 54.6 Å². The van der Waals surface area contributed by atoms with E-state index in [-0.39, 0.29) is 24.3 Å². The lowest BCUT2D eigenvalue weighted by Crippen LogP contribution is -2.52. The molecule has 1 atom stereocenters. The van der Waals surface area contributed by atoms with Crippen LogP contribution in [-0.4, -0.2) is 29.9 Å². The lowest BCUT2D eigenvalue weighted by Gasteiger charge is -2.39. The molecule has 1 unspecified atom stereocenters. The third kappa shape index (κ3) is 4.40. The second kappa shape index (κ2) is 8.99. The summed E-state index contributed by atoms with van der Waals surface area (Å²) in [6.07, 6.45) is 4.52. The number of hydrogen-bond donors (Lipinski definition) is 1. The summed E-state index contributed by atoms with van der Waals surface area (Å²) in [5, 5.41) is 13.0. The Bertz CT molecular complexity index is 823. The molecule has 0 saturated heterocycles. The molecule has 1 amide bonds. The molecule has 1 aliphatic rings. The number of rotatable bonds is 6. The van der Waals surface area contributed by atoms with Gasteiger partial charge in [-0.2, -0.15) is 5.26 Å². The van der Waals surface area contributed by atoms with Gasteiger partial charge in [0.2, 0.25) is 5.91 Å². The second-order valence-electron chi connectivity index (χ2n) is 7.43. The van der Waals surface area contributed by atoms with Crippen molar-refractivity contribution >= 4 is 5.91 Å². The molecule has 4 nitrogen and oxygen atoms in total. The maximum Gasteiger partial charge on any atom is 0.237 e. The lowest BCUT2D eigenvalue weighted by atomic mass is 9.81. The zero-order chi connectivity index (χ0) is 20.0. The summed E-state index contributed by atoms with van der Waals surface area (Å²) in [5.74, 6) is -0.397. The van der Waals surface area contributed by atoms with E-state index >= 15 is 0 Å². The fourth-order valence-corrected chi connectivity index (χ4v) is 3.93. The van der Waals surface area contributed by atoms with Crippen LogP contribution < -0.4 is 5.32 Å². The molecule has 1 fully saturated rings. The molecule has 0 heterocycles. The van der Waals surface area contributed by atoms with Crippen molar-refractivity contribution in [3.63, 3.8) is 0 Å². The number of hydrogen-bond acceptors (Lipinski definition) is 3. The number of nitrogens with zero attached hydrogens (tertiary/aromatic N) is 2. The number of amides is 1. The molecule has 28 heavy (non-hydrogen) atoms. The number of carbonyl (C=O) groups is 1. The van der Waals surface area contributed by atoms with Crippen LogP contribution in [0.1, 0.15) is 49.3 Å². The summed E-state index contributed by atoms with van der Waals surface area (Å²) < 4.78 is 13.3. The fraction of sp³-hybridized carbons (Fsp3) is 0.391. The van der Waals surface area contributed by atoms with Crippen molar-refractivity contribution in [2.45, 2.75) is 43.7 Å². The van der Waals surface area contributed by atoms with Gasteiger partial charge in [-0.05, 0) is 36.1 Å². The molecular formula is C23H26FN3O. The monoisotopic (exact) mass is 379 g/mol. The van der Waals surface area contributed by atoms with E-state index in [2.05, 4.69) is 11.4 Å². The summed E-state index contributed by atoms with van der Waals surface area (Å²) in [6.45, 7) is 0.108. The minimum Gasteiger partial charge on any atom is -0.326 e. The molecular weight excluding hydrogens is 353 g/mol. The fourth-order valence-electron chi connectivity index (χ4n) is 3.93. The van der Waals surface area contributed by atoms with Crippen molar-refractivity contribution in [3.8, 4) is 6.07 Å². The molecule has 0 spiro atoms. The summed E-state index contributed by atoms with van der Waals surface area (Å²) in [6, 6.07) is 18.2. The van der Waals surface area contributed by atoms with E-state index in [1.54, 1.807) is 24.1 Å². The smallest absolute Gasteiger partial charge is 0.237 e. The molecule has 2 aromatic carbocycles. The van der Waals surface area contributed by atoms with Gasteiger partial charge in [0.15, 0.2) is 0 Å². The molecule has 1 N–H and O–H groups in total. The van der Waals surface area contributed by atoms with Crippen LogP contribution in [0, 0.1) is 17.1 Å². The SMILES string of the molecule is CN(C(=O)CNC(c1ccccc1)c1ccc(F)cc1)C1(C#N)CCCCC1. The first-order valence-corrected chi connectivity index (χ1v) is 9.77. The van der Waals surface area contributed by atoms with Gasteiger partial charge < -0.3 is 4.90 Å². The van der Waals surface area contributed by atoms with Gasteiger partial charge in [-0.15, -0.1) is 0 Å². The first kappa shape index (κ1) is 20.0. The zero-order valence-electron chi connectivity index (χ0n) is 16.2. The largest absolute Gasteiger partial charge is 0.326 e. The maximum atomic E-state index is 13.3. The summed E-state index contributed by atoms with van der Waals surface area (Å²) in [7, 11) is 1.73. The van der Waals surface area contributed by atoms with Crippen LogP contribution >= 0.6 is 0 Å². The highest BCUT2D eigenvalue weighted by Crippen LogP contribution is 2.32. The molecule has 0 aromatic heterocycles. The average Bonchev–Trinajstić information content (AvgIpc) is 2.75. The van der Waals surface area contributed by atoms with Crippen LogP contribution in [0.2, 0.25) is 0 Å². The van der Waals surface area contributed by atoms with Crippen LogP contribution in [0.5, 0.6) is 0 Å². The first-order chi connectivity index (χ1) is 13.6. The Morgan fingerprint density at radius 1 is 1.11 bits per heavy atom. The number of halogens is 1. The minimum atomic E-state index is -0.699. The molecule has 3 rings (SSSR count). The average molecular weight is 379 g/mol. The van der Waals surface area contributed by atoms with E-state index in [1.165, 1.54) is 12.1 Å². The van der Waals surface area contributed by atoms with Gasteiger partial charge >= 0.3 is 0 Å². The molecule has 2 aromatic rings. The third-order valence-corrected chi connectivity index (χ3v) is 5.70. The summed E-state index contributed by atoms with van der Waals surface area (Å²) >= 11 is 0. The van der Waals surface area contributed by atoms with Crippen molar-refractivity contribution in [2.75, 3.05) is 13.6 Å². The number of likely N-dealkylation sites (N-methyl/N-ethyl adjacent to an activating group) is 1. The van der Waals surface area contributed by atoms with Gasteiger partial charge in [0.05, 0.1) is 18.7 Å². The molecule has 1 aliphatic carbocycles. The Kier molecular flexibility index (Phi) is 6.43. The van der Waals surface area contributed by atoms with Crippen molar-refractivity contribution in [1.82, 2.24) is 10.2 Å². The standard InChI is InChI=1S/C23H26FN3O/c1-27(23(17-25)14-6-3-7-15-23)21(28)16-26-22(18-8-4-2-5-9-18)19-10-12-20(24)13-11-19/h2,4-5,8-13,22,26H,3,6-7,14-16H2,1H3. The van der Waals surface area contributed by atoms with Crippen molar-refractivity contribution in [1.29, 1.82) is 5.26 Å². The highest BCUT2D eigenvalue weighted by Gasteiger charge is 2.38. The molecule has 1 saturated carbocycles. The topological polar surface area (TPSA) is 56.1 Å². The van der Waals surface area contributed by atoms with Crippen LogP contribution in [-0.2, 0) is 4.79 Å². The predicted molar refractivity (Wildman–Crippen MR) is 107 cm³/mol. The second-order valence-corrected chi connectivity index (χ2v) is 7.43. The van der Waals surface area contributed by atoms with E-state index in [9.17, 15) is 14.4 Å². The van der Waals surface area contributed by atoms with Crippen LogP contribution in [0.25, 0.3) is 0 Å². The zero-order valence-corrected chi connectivity index (χ0v) is 16.2. The van der Waals surface area contributed by atoms with E-state index in [0.29, 0.717) is 0 Å². The van der Waals surface area contributed by atoms with E-state index in [0.717, 1.165) is 43.2 Å². The molecule has 5 heteroatoms. The molecule has 0 radical (unpaired) electrons. The Balaban J connectivity index is 1.75. The lowest BCUT2D eigenvalue weighted by molar-refractivity contribution is -0.133. The maximum absolute atomic E-state index is 13.3. The molecule has 0 aliphatic heterocycles. The summed E-state index contributed by atoms with van der Waals surface area (Å²) in [5.41, 5.74) is 1.18. The highest BCUT2D eigenvalue weighted by molar-refractivity contribution is 5.79. The first-order valence-electron chi connectivity index (χ1n) is 9.77. The van der Waals surface area contributed by atoms with Gasteiger partial charge in [0.1, 0.15) is 11.4 Å². The Morgan fingerprint density at radius 2 is 1.71 bits per heavy atom. The molecule has 146 valence electrons. The van der Waals surface area contributed by atoms with Gasteiger partial charge in [0.25, 0.3) is 0 Å². The minimum absolute atomic E-state index is 0.105. The molecule has 0 bridgehead atoms. The van der Waals surface area contributed by atoms with Gasteiger partial charge in [-0.3, -0.25) is 10.1 Å². The summed E-state index contributed by atoms with van der Waals surface area (Å²) in [4.78, 5) is 14.5. The van der Waals surface area contributed by atoms with E-state index in [1.807, 2.05) is 30.3 Å². The highest BCUT2D eigenvalue weighted by atomic mass is 19.1. The number of benzene rings is 2. The number of carbonyl (C=O) groups excluding carboxylic acids is 1. The van der Waals surface area contributed by atoms with Gasteiger partial charge in [0, 0.05) is 7.05 Å². The third-order valence-electron chi connectivity index (χ3n) is 5.70. The van der Waals surface area contributed by atoms with Crippen LogP contribution in [0.4, 0.5) is 4.39 Å². The van der Waals surface area contributed by atoms with E-state index in [4.69, 9.17) is 0 Å².